The minimum absolute atomic E-state index is 0.0609. The number of carboxylic acid groups (broad SMARTS) is 1. The van der Waals surface area contributed by atoms with Gasteiger partial charge in [-0.1, -0.05) is 30.3 Å². The Morgan fingerprint density at radius 2 is 1.92 bits per heavy atom. The number of carbonyl (C=O) groups is 2. The Morgan fingerprint density at radius 3 is 2.65 bits per heavy atom. The molecule has 3 aromatic rings. The Hall–Kier alpha value is -3.28. The van der Waals surface area contributed by atoms with Gasteiger partial charge in [0.25, 0.3) is 0 Å². The first-order valence-electron chi connectivity index (χ1n) is 8.31. The maximum Gasteiger partial charge on any atom is 0.325 e. The summed E-state index contributed by atoms with van der Waals surface area (Å²) in [5, 5.41) is 12.3. The van der Waals surface area contributed by atoms with E-state index in [1.807, 2.05) is 54.6 Å². The van der Waals surface area contributed by atoms with Crippen LogP contribution in [0.25, 0.3) is 10.9 Å². The molecule has 0 aliphatic rings. The van der Waals surface area contributed by atoms with Crippen molar-refractivity contribution < 1.29 is 19.4 Å². The van der Waals surface area contributed by atoms with Gasteiger partial charge in [-0.15, -0.1) is 0 Å². The highest BCUT2D eigenvalue weighted by atomic mass is 16.5. The highest BCUT2D eigenvalue weighted by Crippen LogP contribution is 2.23. The average Bonchev–Trinajstić information content (AvgIpc) is 3.02. The van der Waals surface area contributed by atoms with E-state index >= 15 is 0 Å². The largest absolute Gasteiger partial charge is 0.489 e. The van der Waals surface area contributed by atoms with Crippen molar-refractivity contribution in [2.75, 3.05) is 0 Å². The molecule has 0 aliphatic heterocycles. The standard InChI is InChI=1S/C20H20N2O4/c1-14(20(24)25)21-19(23)12-22-10-9-16-11-17(7-8-18(16)22)26-13-15-5-3-2-4-6-15/h2-11,14H,12-13H2,1H3,(H,21,23)(H,24,25)/t14-/m0/s1. The highest BCUT2D eigenvalue weighted by molar-refractivity contribution is 5.86. The van der Waals surface area contributed by atoms with E-state index in [-0.39, 0.29) is 12.5 Å². The molecule has 2 aromatic carbocycles. The zero-order valence-corrected chi connectivity index (χ0v) is 14.4. The number of hydrogen-bond donors (Lipinski definition) is 2. The molecule has 1 heterocycles. The molecule has 1 amide bonds. The maximum atomic E-state index is 12.0. The topological polar surface area (TPSA) is 80.6 Å². The van der Waals surface area contributed by atoms with E-state index in [0.29, 0.717) is 6.61 Å². The number of nitrogens with one attached hydrogen (secondary N) is 1. The SMILES string of the molecule is C[C@H](NC(=O)Cn1ccc2cc(OCc3ccccc3)ccc21)C(=O)O. The molecule has 6 heteroatoms. The number of nitrogens with zero attached hydrogens (tertiary/aromatic N) is 1. The Morgan fingerprint density at radius 1 is 1.15 bits per heavy atom. The van der Waals surface area contributed by atoms with Gasteiger partial charge < -0.3 is 19.7 Å². The molecule has 6 nitrogen and oxygen atoms in total. The molecule has 0 fully saturated rings. The second-order valence-electron chi connectivity index (χ2n) is 6.07. The third-order valence-electron chi connectivity index (χ3n) is 4.05. The molecule has 0 aliphatic carbocycles. The first kappa shape index (κ1) is 17.5. The number of fused-ring (bicyclic) bond motifs is 1. The second-order valence-corrected chi connectivity index (χ2v) is 6.07. The van der Waals surface area contributed by atoms with E-state index in [1.165, 1.54) is 6.92 Å². The highest BCUT2D eigenvalue weighted by Gasteiger charge is 2.14. The number of hydrogen-bond acceptors (Lipinski definition) is 3. The van der Waals surface area contributed by atoms with Gasteiger partial charge in [0.05, 0.1) is 0 Å². The van der Waals surface area contributed by atoms with Crippen molar-refractivity contribution in [1.82, 2.24) is 9.88 Å². The summed E-state index contributed by atoms with van der Waals surface area (Å²) in [6, 6.07) is 16.6. The maximum absolute atomic E-state index is 12.0. The molecule has 26 heavy (non-hydrogen) atoms. The number of aliphatic carboxylic acids is 1. The van der Waals surface area contributed by atoms with Crippen molar-refractivity contribution in [3.63, 3.8) is 0 Å². The normalized spacial score (nSPS) is 11.9. The van der Waals surface area contributed by atoms with Crippen molar-refractivity contribution in [2.45, 2.75) is 26.1 Å². The number of rotatable bonds is 7. The summed E-state index contributed by atoms with van der Waals surface area (Å²) in [5.74, 6) is -0.652. The summed E-state index contributed by atoms with van der Waals surface area (Å²) in [6.45, 7) is 1.98. The zero-order valence-electron chi connectivity index (χ0n) is 14.4. The molecule has 2 N–H and O–H groups in total. The Kier molecular flexibility index (Phi) is 5.22. The Labute approximate surface area is 151 Å². The van der Waals surface area contributed by atoms with Crippen LogP contribution in [0.1, 0.15) is 12.5 Å². The van der Waals surface area contributed by atoms with Gasteiger partial charge in [-0.2, -0.15) is 0 Å². The van der Waals surface area contributed by atoms with Gasteiger partial charge in [-0.3, -0.25) is 9.59 Å². The number of ether oxygens (including phenoxy) is 1. The van der Waals surface area contributed by atoms with Crippen LogP contribution in [0.15, 0.2) is 60.8 Å². The molecular weight excluding hydrogens is 332 g/mol. The van der Waals surface area contributed by atoms with Crippen LogP contribution in [0.4, 0.5) is 0 Å². The predicted molar refractivity (Wildman–Crippen MR) is 98.0 cm³/mol. The fraction of sp³-hybridized carbons (Fsp3) is 0.200. The van der Waals surface area contributed by atoms with Crippen molar-refractivity contribution in [1.29, 1.82) is 0 Å². The van der Waals surface area contributed by atoms with Gasteiger partial charge in [0.1, 0.15) is 24.9 Å². The van der Waals surface area contributed by atoms with E-state index in [2.05, 4.69) is 5.32 Å². The van der Waals surface area contributed by atoms with Crippen LogP contribution in [-0.2, 0) is 22.7 Å². The first-order chi connectivity index (χ1) is 12.5. The van der Waals surface area contributed by atoms with Gasteiger partial charge >= 0.3 is 5.97 Å². The number of carbonyl (C=O) groups excluding carboxylic acids is 1. The third kappa shape index (κ3) is 4.22. The quantitative estimate of drug-likeness (QED) is 0.685. The van der Waals surface area contributed by atoms with Crippen LogP contribution < -0.4 is 10.1 Å². The lowest BCUT2D eigenvalue weighted by Gasteiger charge is -2.11. The van der Waals surface area contributed by atoms with Gasteiger partial charge in [-0.25, -0.2) is 0 Å². The molecule has 1 atom stereocenters. The van der Waals surface area contributed by atoms with Crippen LogP contribution in [0.3, 0.4) is 0 Å². The van der Waals surface area contributed by atoms with Gasteiger partial charge in [-0.05, 0) is 36.8 Å². The van der Waals surface area contributed by atoms with Crippen molar-refractivity contribution in [2.24, 2.45) is 0 Å². The molecule has 0 spiro atoms. The monoisotopic (exact) mass is 352 g/mol. The molecule has 3 rings (SSSR count). The molecule has 0 unspecified atom stereocenters. The molecule has 134 valence electrons. The molecule has 0 bridgehead atoms. The van der Waals surface area contributed by atoms with Crippen LogP contribution >= 0.6 is 0 Å². The predicted octanol–water partition coefficient (Wildman–Crippen LogP) is 2.81. The Balaban J connectivity index is 1.67. The molecule has 0 saturated heterocycles. The third-order valence-corrected chi connectivity index (χ3v) is 4.05. The summed E-state index contributed by atoms with van der Waals surface area (Å²) in [5.41, 5.74) is 1.98. The lowest BCUT2D eigenvalue weighted by atomic mass is 10.2. The number of benzene rings is 2. The smallest absolute Gasteiger partial charge is 0.325 e. The zero-order chi connectivity index (χ0) is 18.5. The average molecular weight is 352 g/mol. The van der Waals surface area contributed by atoms with Crippen LogP contribution in [0, 0.1) is 0 Å². The number of carboxylic acids is 1. The summed E-state index contributed by atoms with van der Waals surface area (Å²) in [7, 11) is 0. The van der Waals surface area contributed by atoms with Crippen molar-refractivity contribution in [3.8, 4) is 5.75 Å². The molecule has 1 aromatic heterocycles. The Bertz CT molecular complexity index is 918. The summed E-state index contributed by atoms with van der Waals surface area (Å²) in [4.78, 5) is 22.8. The van der Waals surface area contributed by atoms with E-state index in [1.54, 1.807) is 10.8 Å². The lowest BCUT2D eigenvalue weighted by molar-refractivity contribution is -0.141. The minimum atomic E-state index is -1.06. The second kappa shape index (κ2) is 7.74. The number of amides is 1. The molecule has 0 radical (unpaired) electrons. The van der Waals surface area contributed by atoms with Crippen LogP contribution in [0.5, 0.6) is 5.75 Å². The first-order valence-corrected chi connectivity index (χ1v) is 8.31. The molecule has 0 saturated carbocycles. The van der Waals surface area contributed by atoms with E-state index in [4.69, 9.17) is 9.84 Å². The summed E-state index contributed by atoms with van der Waals surface area (Å²) < 4.78 is 7.59. The van der Waals surface area contributed by atoms with Gasteiger partial charge in [0, 0.05) is 17.1 Å². The fourth-order valence-corrected chi connectivity index (χ4v) is 2.65. The minimum Gasteiger partial charge on any atom is -0.489 e. The van der Waals surface area contributed by atoms with Crippen LogP contribution in [0.2, 0.25) is 0 Å². The summed E-state index contributed by atoms with van der Waals surface area (Å²) in [6.07, 6.45) is 1.80. The van der Waals surface area contributed by atoms with Gasteiger partial charge in [0.15, 0.2) is 0 Å². The van der Waals surface area contributed by atoms with E-state index in [0.717, 1.165) is 22.2 Å². The van der Waals surface area contributed by atoms with E-state index < -0.39 is 12.0 Å². The lowest BCUT2D eigenvalue weighted by Crippen LogP contribution is -2.39. The fourth-order valence-electron chi connectivity index (χ4n) is 2.65. The van der Waals surface area contributed by atoms with Gasteiger partial charge in [0.2, 0.25) is 5.91 Å². The summed E-state index contributed by atoms with van der Waals surface area (Å²) >= 11 is 0. The van der Waals surface area contributed by atoms with Crippen LogP contribution in [-0.4, -0.2) is 27.6 Å². The van der Waals surface area contributed by atoms with E-state index in [9.17, 15) is 9.59 Å². The van der Waals surface area contributed by atoms with Crippen molar-refractivity contribution in [3.05, 3.63) is 66.4 Å². The number of aromatic nitrogens is 1. The molecular formula is C20H20N2O4. The van der Waals surface area contributed by atoms with Crippen molar-refractivity contribution >= 4 is 22.8 Å².